The van der Waals surface area contributed by atoms with Crippen molar-refractivity contribution in [2.24, 2.45) is 0 Å². The Bertz CT molecular complexity index is 298. The van der Waals surface area contributed by atoms with E-state index in [1.165, 1.54) is 17.8 Å². The van der Waals surface area contributed by atoms with Crippen LogP contribution >= 0.6 is 11.8 Å². The van der Waals surface area contributed by atoms with Crippen molar-refractivity contribution < 1.29 is 14.4 Å². The molecular formula is C7H9BFNO2S. The molecule has 1 rings (SSSR count). The largest absolute Gasteiger partial charge is 0.493 e. The highest BCUT2D eigenvalue weighted by atomic mass is 32.2. The molecule has 0 spiro atoms. The van der Waals surface area contributed by atoms with E-state index >= 15 is 0 Å². The lowest BCUT2D eigenvalue weighted by molar-refractivity contribution is 0.421. The van der Waals surface area contributed by atoms with Gasteiger partial charge in [0.25, 0.3) is 0 Å². The normalized spacial score (nSPS) is 10.2. The van der Waals surface area contributed by atoms with Crippen LogP contribution in [0.2, 0.25) is 0 Å². The molecule has 0 saturated heterocycles. The van der Waals surface area contributed by atoms with Crippen LogP contribution < -0.4 is 5.46 Å². The van der Waals surface area contributed by atoms with Crippen molar-refractivity contribution in [3.63, 3.8) is 0 Å². The number of thioether (sulfide) groups is 1. The van der Waals surface area contributed by atoms with Gasteiger partial charge in [-0.2, -0.15) is 4.39 Å². The number of hydrogen-bond donors (Lipinski definition) is 2. The molecule has 0 aliphatic rings. The van der Waals surface area contributed by atoms with Gasteiger partial charge in [0.05, 0.1) is 5.03 Å². The summed E-state index contributed by atoms with van der Waals surface area (Å²) >= 11 is 1.40. The molecule has 0 atom stereocenters. The summed E-state index contributed by atoms with van der Waals surface area (Å²) in [7, 11) is -1.80. The molecule has 0 radical (unpaired) electrons. The lowest BCUT2D eigenvalue weighted by atomic mass is 9.81. The maximum absolute atomic E-state index is 13.0. The third kappa shape index (κ3) is 2.68. The standard InChI is InChI=1S/C7H9BFNO2S/c1-2-13-6-4-3-5(8(11)12)7(9)10-6/h3-4,11-12H,2H2,1H3. The zero-order valence-corrected chi connectivity index (χ0v) is 7.88. The van der Waals surface area contributed by atoms with Crippen molar-refractivity contribution in [2.75, 3.05) is 5.75 Å². The Morgan fingerprint density at radius 3 is 2.69 bits per heavy atom. The third-order valence-electron chi connectivity index (χ3n) is 1.42. The number of rotatable bonds is 3. The van der Waals surface area contributed by atoms with Gasteiger partial charge < -0.3 is 10.0 Å². The minimum Gasteiger partial charge on any atom is -0.423 e. The first kappa shape index (κ1) is 10.5. The zero-order valence-electron chi connectivity index (χ0n) is 7.07. The smallest absolute Gasteiger partial charge is 0.423 e. The fourth-order valence-corrected chi connectivity index (χ4v) is 1.45. The van der Waals surface area contributed by atoms with Gasteiger partial charge in [-0.05, 0) is 11.8 Å². The van der Waals surface area contributed by atoms with Crippen molar-refractivity contribution in [1.82, 2.24) is 4.98 Å². The monoisotopic (exact) mass is 201 g/mol. The van der Waals surface area contributed by atoms with Crippen LogP contribution in [0.4, 0.5) is 4.39 Å². The van der Waals surface area contributed by atoms with E-state index in [9.17, 15) is 4.39 Å². The summed E-state index contributed by atoms with van der Waals surface area (Å²) < 4.78 is 13.0. The predicted octanol–water partition coefficient (Wildman–Crippen LogP) is 0.0125. The Hall–Kier alpha value is -0.585. The van der Waals surface area contributed by atoms with Gasteiger partial charge in [-0.25, -0.2) is 4.98 Å². The van der Waals surface area contributed by atoms with Crippen molar-refractivity contribution >= 4 is 24.3 Å². The van der Waals surface area contributed by atoms with E-state index in [-0.39, 0.29) is 5.46 Å². The number of hydrogen-bond acceptors (Lipinski definition) is 4. The van der Waals surface area contributed by atoms with Gasteiger partial charge >= 0.3 is 7.12 Å². The van der Waals surface area contributed by atoms with Gasteiger partial charge in [0.15, 0.2) is 0 Å². The van der Waals surface area contributed by atoms with Crippen molar-refractivity contribution in [3.8, 4) is 0 Å². The highest BCUT2D eigenvalue weighted by Gasteiger charge is 2.17. The van der Waals surface area contributed by atoms with Crippen LogP contribution in [-0.2, 0) is 0 Å². The second kappa shape index (κ2) is 4.60. The maximum Gasteiger partial charge on any atom is 0.493 e. The molecular weight excluding hydrogens is 192 g/mol. The molecule has 1 heterocycles. The Morgan fingerprint density at radius 1 is 1.54 bits per heavy atom. The molecule has 0 aliphatic heterocycles. The fourth-order valence-electron chi connectivity index (χ4n) is 0.849. The lowest BCUT2D eigenvalue weighted by Crippen LogP contribution is -2.33. The Morgan fingerprint density at radius 2 is 2.23 bits per heavy atom. The fraction of sp³-hybridized carbons (Fsp3) is 0.286. The van der Waals surface area contributed by atoms with Crippen molar-refractivity contribution in [3.05, 3.63) is 18.1 Å². The molecule has 0 amide bonds. The van der Waals surface area contributed by atoms with E-state index < -0.39 is 13.1 Å². The molecule has 13 heavy (non-hydrogen) atoms. The molecule has 3 nitrogen and oxygen atoms in total. The minimum atomic E-state index is -1.80. The van der Waals surface area contributed by atoms with Gasteiger partial charge in [0, 0.05) is 5.46 Å². The van der Waals surface area contributed by atoms with Gasteiger partial charge in [-0.1, -0.05) is 13.0 Å². The van der Waals surface area contributed by atoms with Gasteiger partial charge in [-0.15, -0.1) is 11.8 Å². The molecule has 0 aliphatic carbocycles. The summed E-state index contributed by atoms with van der Waals surface area (Å²) in [6.07, 6.45) is 0. The zero-order chi connectivity index (χ0) is 9.84. The topological polar surface area (TPSA) is 53.4 Å². The molecule has 1 aromatic rings. The molecule has 2 N–H and O–H groups in total. The quantitative estimate of drug-likeness (QED) is 0.411. The Balaban J connectivity index is 2.92. The molecule has 0 saturated carbocycles. The summed E-state index contributed by atoms with van der Waals surface area (Å²) in [5.41, 5.74) is -0.194. The number of nitrogens with zero attached hydrogens (tertiary/aromatic N) is 1. The summed E-state index contributed by atoms with van der Waals surface area (Å²) in [6.45, 7) is 1.93. The average molecular weight is 201 g/mol. The molecule has 1 aromatic heterocycles. The first-order chi connectivity index (χ1) is 6.15. The van der Waals surface area contributed by atoms with Crippen LogP contribution in [0.25, 0.3) is 0 Å². The van der Waals surface area contributed by atoms with Gasteiger partial charge in [0.2, 0.25) is 5.95 Å². The average Bonchev–Trinajstić information content (AvgIpc) is 2.04. The second-order valence-electron chi connectivity index (χ2n) is 2.34. The highest BCUT2D eigenvalue weighted by molar-refractivity contribution is 7.99. The van der Waals surface area contributed by atoms with Crippen molar-refractivity contribution in [1.29, 1.82) is 0 Å². The summed E-state index contributed by atoms with van der Waals surface area (Å²) in [6, 6.07) is 2.89. The number of halogens is 1. The Kier molecular flexibility index (Phi) is 3.71. The van der Waals surface area contributed by atoms with Crippen LogP contribution in [0.1, 0.15) is 6.92 Å². The summed E-state index contributed by atoms with van der Waals surface area (Å²) in [5.74, 6) is -0.0264. The van der Waals surface area contributed by atoms with E-state index in [1.54, 1.807) is 6.07 Å². The molecule has 0 bridgehead atoms. The number of pyridine rings is 1. The van der Waals surface area contributed by atoms with E-state index in [0.29, 0.717) is 5.03 Å². The van der Waals surface area contributed by atoms with Crippen LogP contribution in [0.3, 0.4) is 0 Å². The van der Waals surface area contributed by atoms with Crippen molar-refractivity contribution in [2.45, 2.75) is 11.9 Å². The Labute approximate surface area is 80.2 Å². The minimum absolute atomic E-state index is 0.194. The third-order valence-corrected chi connectivity index (χ3v) is 2.23. The maximum atomic E-state index is 13.0. The summed E-state index contributed by atoms with van der Waals surface area (Å²) in [5, 5.41) is 17.9. The van der Waals surface area contributed by atoms with E-state index in [2.05, 4.69) is 4.98 Å². The van der Waals surface area contributed by atoms with E-state index in [4.69, 9.17) is 10.0 Å². The first-order valence-electron chi connectivity index (χ1n) is 3.80. The van der Waals surface area contributed by atoms with Crippen LogP contribution in [0.15, 0.2) is 17.2 Å². The molecule has 70 valence electrons. The van der Waals surface area contributed by atoms with Gasteiger partial charge in [-0.3, -0.25) is 0 Å². The molecule has 0 aromatic carbocycles. The predicted molar refractivity (Wildman–Crippen MR) is 50.4 cm³/mol. The SMILES string of the molecule is CCSc1ccc(B(O)O)c(F)n1. The lowest BCUT2D eigenvalue weighted by Gasteiger charge is -2.02. The van der Waals surface area contributed by atoms with Crippen LogP contribution in [-0.4, -0.2) is 27.9 Å². The highest BCUT2D eigenvalue weighted by Crippen LogP contribution is 2.13. The second-order valence-corrected chi connectivity index (χ2v) is 3.62. The molecule has 6 heteroatoms. The molecule has 0 fully saturated rings. The first-order valence-corrected chi connectivity index (χ1v) is 4.79. The van der Waals surface area contributed by atoms with E-state index in [1.807, 2.05) is 6.92 Å². The number of aromatic nitrogens is 1. The van der Waals surface area contributed by atoms with E-state index in [0.717, 1.165) is 5.75 Å². The van der Waals surface area contributed by atoms with Crippen LogP contribution in [0, 0.1) is 5.95 Å². The summed E-state index contributed by atoms with van der Waals surface area (Å²) in [4.78, 5) is 3.56. The van der Waals surface area contributed by atoms with Gasteiger partial charge in [0.1, 0.15) is 0 Å². The van der Waals surface area contributed by atoms with Crippen LogP contribution in [0.5, 0.6) is 0 Å². The molecule has 0 unspecified atom stereocenters.